The number of nitrogens with zero attached hydrogens (tertiary/aromatic N) is 5. The number of aryl methyl sites for hydroxylation is 1. The van der Waals surface area contributed by atoms with Crippen LogP contribution in [0.2, 0.25) is 5.02 Å². The molecule has 1 aliphatic heterocycles. The molecule has 0 saturated carbocycles. The lowest BCUT2D eigenvalue weighted by Crippen LogP contribution is -2.27. The van der Waals surface area contributed by atoms with Gasteiger partial charge in [0.15, 0.2) is 5.75 Å². The molecule has 1 aliphatic rings. The van der Waals surface area contributed by atoms with Crippen molar-refractivity contribution in [1.82, 2.24) is 19.9 Å². The number of anilines is 2. The SMILES string of the molecule is COc1cccc(CN2CCOc3c(Cl)c(-c4nc(N)cc(C)c4C(F)(F)F)cc4ncnc2c34)n1. The molecule has 2 N–H and O–H groups in total. The van der Waals surface area contributed by atoms with E-state index in [-0.39, 0.29) is 40.0 Å². The summed E-state index contributed by atoms with van der Waals surface area (Å²) in [5, 5.41) is 0.462. The molecule has 12 heteroatoms. The van der Waals surface area contributed by atoms with Crippen LogP contribution < -0.4 is 20.1 Å². The predicted octanol–water partition coefficient (Wildman–Crippen LogP) is 5.06. The minimum absolute atomic E-state index is 0.0226. The number of halogens is 4. The van der Waals surface area contributed by atoms with Gasteiger partial charge in [-0.15, -0.1) is 0 Å². The standard InChI is InChI=1S/C24H20ClF3N6O2/c1-12-8-16(29)33-21(19(12)24(26,27)28)14-9-15-18-22(20(14)25)36-7-6-34(23(18)31-11-30-15)10-13-4-3-5-17(32-13)35-2/h3-5,8-9,11H,6-7,10H2,1-2H3,(H2,29,33). The van der Waals surface area contributed by atoms with Gasteiger partial charge in [0.25, 0.3) is 0 Å². The molecule has 0 bridgehead atoms. The Bertz CT molecular complexity index is 1480. The highest BCUT2D eigenvalue weighted by Crippen LogP contribution is 2.48. The van der Waals surface area contributed by atoms with Crippen molar-refractivity contribution in [1.29, 1.82) is 0 Å². The summed E-state index contributed by atoms with van der Waals surface area (Å²) in [6, 6.07) is 8.07. The first-order valence-corrected chi connectivity index (χ1v) is 11.2. The third-order valence-electron chi connectivity index (χ3n) is 5.83. The third-order valence-corrected chi connectivity index (χ3v) is 6.20. The highest BCUT2D eigenvalue weighted by molar-refractivity contribution is 6.36. The van der Waals surface area contributed by atoms with Crippen molar-refractivity contribution < 1.29 is 22.6 Å². The molecule has 0 radical (unpaired) electrons. The van der Waals surface area contributed by atoms with Crippen molar-refractivity contribution >= 4 is 34.1 Å². The molecule has 36 heavy (non-hydrogen) atoms. The monoisotopic (exact) mass is 516 g/mol. The van der Waals surface area contributed by atoms with Crippen LogP contribution in [-0.2, 0) is 12.7 Å². The first kappa shape index (κ1) is 23.9. The summed E-state index contributed by atoms with van der Waals surface area (Å²) in [7, 11) is 1.54. The lowest BCUT2D eigenvalue weighted by molar-refractivity contribution is -0.137. The Morgan fingerprint density at radius 2 is 2.00 bits per heavy atom. The molecular formula is C24H20ClF3N6O2. The van der Waals surface area contributed by atoms with Gasteiger partial charge in [-0.25, -0.2) is 19.9 Å². The van der Waals surface area contributed by atoms with Crippen molar-refractivity contribution in [3.05, 3.63) is 58.5 Å². The van der Waals surface area contributed by atoms with Crippen molar-refractivity contribution in [2.45, 2.75) is 19.6 Å². The maximum absolute atomic E-state index is 14.0. The second kappa shape index (κ2) is 8.98. The number of hydrogen-bond acceptors (Lipinski definition) is 8. The van der Waals surface area contributed by atoms with Crippen LogP contribution in [0.15, 0.2) is 36.7 Å². The smallest absolute Gasteiger partial charge is 0.418 e. The zero-order valence-corrected chi connectivity index (χ0v) is 20.0. The number of ether oxygens (including phenoxy) is 2. The molecule has 0 amide bonds. The molecule has 0 fully saturated rings. The molecule has 8 nitrogen and oxygen atoms in total. The minimum atomic E-state index is -4.68. The van der Waals surface area contributed by atoms with E-state index in [4.69, 9.17) is 26.8 Å². The van der Waals surface area contributed by atoms with Crippen molar-refractivity contribution in [2.24, 2.45) is 0 Å². The number of aromatic nitrogens is 4. The van der Waals surface area contributed by atoms with Crippen molar-refractivity contribution in [3.63, 3.8) is 0 Å². The summed E-state index contributed by atoms with van der Waals surface area (Å²) in [6.07, 6.45) is -3.33. The minimum Gasteiger partial charge on any atom is -0.489 e. The van der Waals surface area contributed by atoms with Crippen LogP contribution in [0.4, 0.5) is 24.8 Å². The maximum atomic E-state index is 14.0. The molecule has 3 aromatic heterocycles. The first-order valence-electron chi connectivity index (χ1n) is 10.9. The molecule has 0 unspecified atom stereocenters. The van der Waals surface area contributed by atoms with Crippen LogP contribution in [0.3, 0.4) is 0 Å². The number of alkyl halides is 3. The highest BCUT2D eigenvalue weighted by atomic mass is 35.5. The summed E-state index contributed by atoms with van der Waals surface area (Å²) >= 11 is 6.70. The van der Waals surface area contributed by atoms with Gasteiger partial charge >= 0.3 is 6.18 Å². The quantitative estimate of drug-likeness (QED) is 0.402. The molecule has 4 aromatic rings. The summed E-state index contributed by atoms with van der Waals surface area (Å²) in [6.45, 7) is 2.35. The molecule has 0 atom stereocenters. The average molecular weight is 517 g/mol. The fraction of sp³-hybridized carbons (Fsp3) is 0.250. The Kier molecular flexibility index (Phi) is 5.95. The summed E-state index contributed by atoms with van der Waals surface area (Å²) < 4.78 is 53.2. The Balaban J connectivity index is 1.69. The molecule has 5 rings (SSSR count). The maximum Gasteiger partial charge on any atom is 0.418 e. The van der Waals surface area contributed by atoms with Gasteiger partial charge in [-0.1, -0.05) is 17.7 Å². The van der Waals surface area contributed by atoms with E-state index < -0.39 is 11.7 Å². The van der Waals surface area contributed by atoms with E-state index >= 15 is 0 Å². The molecule has 186 valence electrons. The number of nitrogen functional groups attached to an aromatic ring is 1. The van der Waals surface area contributed by atoms with E-state index in [9.17, 15) is 13.2 Å². The number of rotatable bonds is 4. The van der Waals surface area contributed by atoms with Crippen LogP contribution >= 0.6 is 11.6 Å². The van der Waals surface area contributed by atoms with Gasteiger partial charge in [-0.05, 0) is 30.7 Å². The largest absolute Gasteiger partial charge is 0.489 e. The Morgan fingerprint density at radius 1 is 1.19 bits per heavy atom. The highest BCUT2D eigenvalue weighted by Gasteiger charge is 2.38. The van der Waals surface area contributed by atoms with Crippen LogP contribution in [0, 0.1) is 6.92 Å². The molecule has 0 saturated heterocycles. The molecule has 1 aromatic carbocycles. The van der Waals surface area contributed by atoms with E-state index in [2.05, 4.69) is 19.9 Å². The summed E-state index contributed by atoms with van der Waals surface area (Å²) in [4.78, 5) is 19.2. The van der Waals surface area contributed by atoms with Gasteiger partial charge in [0, 0.05) is 11.6 Å². The third kappa shape index (κ3) is 4.19. The lowest BCUT2D eigenvalue weighted by Gasteiger charge is -2.22. The van der Waals surface area contributed by atoms with Gasteiger partial charge in [-0.3, -0.25) is 0 Å². The van der Waals surface area contributed by atoms with Gasteiger partial charge < -0.3 is 20.1 Å². The zero-order chi connectivity index (χ0) is 25.6. The second-order valence-electron chi connectivity index (χ2n) is 8.19. The van der Waals surface area contributed by atoms with Gasteiger partial charge in [0.05, 0.1) is 53.1 Å². The van der Waals surface area contributed by atoms with Crippen LogP contribution in [-0.4, -0.2) is 40.2 Å². The first-order chi connectivity index (χ1) is 17.2. The van der Waals surface area contributed by atoms with Crippen LogP contribution in [0.1, 0.15) is 16.8 Å². The van der Waals surface area contributed by atoms with Crippen molar-refractivity contribution in [3.8, 4) is 22.9 Å². The zero-order valence-electron chi connectivity index (χ0n) is 19.2. The lowest BCUT2D eigenvalue weighted by atomic mass is 9.99. The van der Waals surface area contributed by atoms with Gasteiger partial charge in [0.2, 0.25) is 5.88 Å². The second-order valence-corrected chi connectivity index (χ2v) is 8.56. The van der Waals surface area contributed by atoms with E-state index in [0.717, 1.165) is 5.69 Å². The molecule has 0 spiro atoms. The fourth-order valence-electron chi connectivity index (χ4n) is 4.32. The van der Waals surface area contributed by atoms with Crippen LogP contribution in [0.5, 0.6) is 11.6 Å². The topological polar surface area (TPSA) is 99.3 Å². The number of methoxy groups -OCH3 is 1. The Morgan fingerprint density at radius 3 is 2.75 bits per heavy atom. The van der Waals surface area contributed by atoms with E-state index in [1.165, 1.54) is 32.5 Å². The van der Waals surface area contributed by atoms with Gasteiger partial charge in [-0.2, -0.15) is 13.2 Å². The summed E-state index contributed by atoms with van der Waals surface area (Å²) in [5.74, 6) is 1.14. The number of hydrogen-bond donors (Lipinski definition) is 1. The number of pyridine rings is 2. The van der Waals surface area contributed by atoms with E-state index in [1.807, 2.05) is 17.0 Å². The van der Waals surface area contributed by atoms with E-state index in [0.29, 0.717) is 35.7 Å². The molecule has 0 aliphatic carbocycles. The van der Waals surface area contributed by atoms with E-state index in [1.54, 1.807) is 6.07 Å². The van der Waals surface area contributed by atoms with Crippen molar-refractivity contribution in [2.75, 3.05) is 30.9 Å². The number of benzene rings is 1. The normalized spacial score (nSPS) is 13.4. The molecule has 4 heterocycles. The summed E-state index contributed by atoms with van der Waals surface area (Å²) in [5.41, 5.74) is 5.57. The Hall–Kier alpha value is -3.86. The average Bonchev–Trinajstić information content (AvgIpc) is 3.01. The Labute approximate surface area is 208 Å². The molecular weight excluding hydrogens is 497 g/mol. The van der Waals surface area contributed by atoms with Gasteiger partial charge in [0.1, 0.15) is 24.6 Å². The fourth-order valence-corrected chi connectivity index (χ4v) is 4.61. The van der Waals surface area contributed by atoms with Crippen LogP contribution in [0.25, 0.3) is 22.2 Å². The predicted molar refractivity (Wildman–Crippen MR) is 129 cm³/mol. The number of nitrogens with two attached hydrogens (primary N) is 1.